The van der Waals surface area contributed by atoms with E-state index >= 15 is 0 Å². The Hall–Kier alpha value is -0.880. The number of thioether (sulfide) groups is 1. The third-order valence-electron chi connectivity index (χ3n) is 2.95. The highest BCUT2D eigenvalue weighted by Crippen LogP contribution is 2.35. The van der Waals surface area contributed by atoms with Gasteiger partial charge in [-0.15, -0.1) is 0 Å². The van der Waals surface area contributed by atoms with E-state index in [1.807, 2.05) is 6.08 Å². The van der Waals surface area contributed by atoms with Crippen LogP contribution in [0.3, 0.4) is 0 Å². The molecular weight excluding hydrogens is 258 g/mol. The lowest BCUT2D eigenvalue weighted by Gasteiger charge is -2.10. The number of carboxylic acid groups (broad SMARTS) is 1. The molecule has 0 atom stereocenters. The largest absolute Gasteiger partial charge is 0.480 e. The fraction of sp³-hybridized carbons (Fsp3) is 0.545. The van der Waals surface area contributed by atoms with E-state index in [2.05, 4.69) is 0 Å². The first-order chi connectivity index (χ1) is 8.08. The Morgan fingerprint density at radius 3 is 2.76 bits per heavy atom. The van der Waals surface area contributed by atoms with Crippen LogP contribution in [0.4, 0.5) is 0 Å². The number of aliphatic carboxylic acids is 1. The van der Waals surface area contributed by atoms with Gasteiger partial charge in [0, 0.05) is 0 Å². The second-order valence-electron chi connectivity index (χ2n) is 4.23. The molecule has 0 bridgehead atoms. The number of amides is 1. The van der Waals surface area contributed by atoms with Crippen molar-refractivity contribution in [2.45, 2.75) is 25.7 Å². The summed E-state index contributed by atoms with van der Waals surface area (Å²) >= 11 is 6.23. The first kappa shape index (κ1) is 12.6. The van der Waals surface area contributed by atoms with Gasteiger partial charge in [-0.2, -0.15) is 0 Å². The molecule has 2 fully saturated rings. The van der Waals surface area contributed by atoms with E-state index in [0.717, 1.165) is 17.7 Å². The molecule has 0 aromatic carbocycles. The van der Waals surface area contributed by atoms with Gasteiger partial charge >= 0.3 is 5.97 Å². The van der Waals surface area contributed by atoms with Gasteiger partial charge in [-0.1, -0.05) is 42.9 Å². The van der Waals surface area contributed by atoms with E-state index in [1.165, 1.54) is 24.6 Å². The standard InChI is InChI=1S/C11H13NO3S2/c13-9(14)6-12-10(15)8(17-11(12)16)5-7-3-1-2-4-7/h5,7H,1-4,6H2,(H,13,14). The van der Waals surface area contributed by atoms with Crippen LogP contribution < -0.4 is 0 Å². The number of carboxylic acids is 1. The third kappa shape index (κ3) is 2.87. The SMILES string of the molecule is O=C(O)CN1C(=O)C(=CC2CCCC2)SC1=S. The first-order valence-electron chi connectivity index (χ1n) is 5.55. The number of hydrogen-bond acceptors (Lipinski definition) is 4. The van der Waals surface area contributed by atoms with Gasteiger partial charge in [0.05, 0.1) is 4.91 Å². The summed E-state index contributed by atoms with van der Waals surface area (Å²) < 4.78 is 0.349. The number of thiocarbonyl (C=S) groups is 1. The van der Waals surface area contributed by atoms with E-state index in [1.54, 1.807) is 0 Å². The summed E-state index contributed by atoms with van der Waals surface area (Å²) in [7, 11) is 0. The zero-order chi connectivity index (χ0) is 12.4. The Balaban J connectivity index is 2.09. The van der Waals surface area contributed by atoms with E-state index in [-0.39, 0.29) is 12.5 Å². The molecule has 4 nitrogen and oxygen atoms in total. The summed E-state index contributed by atoms with van der Waals surface area (Å²) in [5.41, 5.74) is 0. The molecule has 6 heteroatoms. The molecule has 0 radical (unpaired) electrons. The fourth-order valence-corrected chi connectivity index (χ4v) is 3.44. The highest BCUT2D eigenvalue weighted by Gasteiger charge is 2.34. The van der Waals surface area contributed by atoms with Gasteiger partial charge in [0.15, 0.2) is 0 Å². The van der Waals surface area contributed by atoms with Crippen molar-refractivity contribution in [1.82, 2.24) is 4.90 Å². The first-order valence-corrected chi connectivity index (χ1v) is 6.77. The van der Waals surface area contributed by atoms with Gasteiger partial charge < -0.3 is 5.11 Å². The maximum atomic E-state index is 11.9. The Bertz CT molecular complexity index is 400. The Morgan fingerprint density at radius 1 is 1.53 bits per heavy atom. The van der Waals surface area contributed by atoms with E-state index in [9.17, 15) is 9.59 Å². The molecule has 1 saturated heterocycles. The van der Waals surface area contributed by atoms with Crippen LogP contribution in [-0.4, -0.2) is 32.7 Å². The minimum Gasteiger partial charge on any atom is -0.480 e. The topological polar surface area (TPSA) is 57.6 Å². The molecule has 1 heterocycles. The molecule has 0 aromatic heterocycles. The van der Waals surface area contributed by atoms with Crippen LogP contribution in [-0.2, 0) is 9.59 Å². The average Bonchev–Trinajstić information content (AvgIpc) is 2.83. The predicted octanol–water partition coefficient (Wildman–Crippen LogP) is 2.01. The van der Waals surface area contributed by atoms with Crippen LogP contribution in [0, 0.1) is 5.92 Å². The van der Waals surface area contributed by atoms with Gasteiger partial charge in [-0.3, -0.25) is 14.5 Å². The molecule has 0 unspecified atom stereocenters. The number of hydrogen-bond donors (Lipinski definition) is 1. The molecule has 2 aliphatic rings. The monoisotopic (exact) mass is 271 g/mol. The number of allylic oxidation sites excluding steroid dienone is 1. The smallest absolute Gasteiger partial charge is 0.323 e. The summed E-state index contributed by atoms with van der Waals surface area (Å²) in [5, 5.41) is 8.70. The van der Waals surface area contributed by atoms with Crippen molar-refractivity contribution in [3.05, 3.63) is 11.0 Å². The Labute approximate surface area is 109 Å². The van der Waals surface area contributed by atoms with Gasteiger partial charge in [0.2, 0.25) is 0 Å². The maximum Gasteiger partial charge on any atom is 0.323 e. The minimum atomic E-state index is -1.04. The molecule has 92 valence electrons. The van der Waals surface area contributed by atoms with E-state index in [0.29, 0.717) is 15.1 Å². The molecule has 1 amide bonds. The predicted molar refractivity (Wildman–Crippen MR) is 69.6 cm³/mol. The van der Waals surface area contributed by atoms with Crippen LogP contribution in [0.2, 0.25) is 0 Å². The van der Waals surface area contributed by atoms with Crippen LogP contribution in [0.5, 0.6) is 0 Å². The highest BCUT2D eigenvalue weighted by atomic mass is 32.2. The number of carbonyl (C=O) groups is 2. The zero-order valence-corrected chi connectivity index (χ0v) is 10.9. The van der Waals surface area contributed by atoms with Crippen LogP contribution in [0.15, 0.2) is 11.0 Å². The summed E-state index contributed by atoms with van der Waals surface area (Å²) in [4.78, 5) is 24.3. The molecular formula is C11H13NO3S2. The average molecular weight is 271 g/mol. The van der Waals surface area contributed by atoms with Crippen molar-refractivity contribution in [2.75, 3.05) is 6.54 Å². The lowest BCUT2D eigenvalue weighted by atomic mass is 10.1. The van der Waals surface area contributed by atoms with E-state index < -0.39 is 5.97 Å². The highest BCUT2D eigenvalue weighted by molar-refractivity contribution is 8.26. The van der Waals surface area contributed by atoms with Crippen molar-refractivity contribution in [3.63, 3.8) is 0 Å². The van der Waals surface area contributed by atoms with Crippen LogP contribution in [0.1, 0.15) is 25.7 Å². The molecule has 1 N–H and O–H groups in total. The zero-order valence-electron chi connectivity index (χ0n) is 9.22. The second kappa shape index (κ2) is 5.18. The number of carbonyl (C=O) groups excluding carboxylic acids is 1. The lowest BCUT2D eigenvalue weighted by molar-refractivity contribution is -0.140. The van der Waals surface area contributed by atoms with Gasteiger partial charge in [0.25, 0.3) is 5.91 Å². The number of rotatable bonds is 3. The van der Waals surface area contributed by atoms with Crippen molar-refractivity contribution >= 4 is 40.2 Å². The summed E-state index contributed by atoms with van der Waals surface area (Å²) in [6.07, 6.45) is 6.60. The van der Waals surface area contributed by atoms with Crippen LogP contribution >= 0.6 is 24.0 Å². The second-order valence-corrected chi connectivity index (χ2v) is 5.90. The molecule has 1 aliphatic heterocycles. The van der Waals surface area contributed by atoms with Gasteiger partial charge in [0.1, 0.15) is 10.9 Å². The van der Waals surface area contributed by atoms with Crippen molar-refractivity contribution in [2.24, 2.45) is 5.92 Å². The summed E-state index contributed by atoms with van der Waals surface area (Å²) in [5.74, 6) is -0.841. The molecule has 1 saturated carbocycles. The quantitative estimate of drug-likeness (QED) is 0.628. The molecule has 17 heavy (non-hydrogen) atoms. The van der Waals surface area contributed by atoms with E-state index in [4.69, 9.17) is 17.3 Å². The summed E-state index contributed by atoms with van der Waals surface area (Å²) in [6.45, 7) is -0.341. The van der Waals surface area contributed by atoms with Crippen molar-refractivity contribution < 1.29 is 14.7 Å². The van der Waals surface area contributed by atoms with Crippen molar-refractivity contribution in [3.8, 4) is 0 Å². The molecule has 0 spiro atoms. The van der Waals surface area contributed by atoms with Gasteiger partial charge in [-0.05, 0) is 18.8 Å². The number of nitrogens with zero attached hydrogens (tertiary/aromatic N) is 1. The van der Waals surface area contributed by atoms with Gasteiger partial charge in [-0.25, -0.2) is 0 Å². The minimum absolute atomic E-state index is 0.255. The third-order valence-corrected chi connectivity index (χ3v) is 4.35. The van der Waals surface area contributed by atoms with Crippen LogP contribution in [0.25, 0.3) is 0 Å². The maximum absolute atomic E-state index is 11.9. The summed E-state index contributed by atoms with van der Waals surface area (Å²) in [6, 6.07) is 0. The van der Waals surface area contributed by atoms with Crippen molar-refractivity contribution in [1.29, 1.82) is 0 Å². The molecule has 0 aromatic rings. The Kier molecular flexibility index (Phi) is 3.83. The lowest BCUT2D eigenvalue weighted by Crippen LogP contribution is -2.33. The fourth-order valence-electron chi connectivity index (χ4n) is 2.12. The molecule has 2 rings (SSSR count). The Morgan fingerprint density at radius 2 is 2.18 bits per heavy atom. The normalized spacial score (nSPS) is 24.0. The molecule has 1 aliphatic carbocycles.